The van der Waals surface area contributed by atoms with Crippen LogP contribution in [-0.2, 0) is 11.2 Å². The van der Waals surface area contributed by atoms with Gasteiger partial charge in [-0.05, 0) is 41.8 Å². The minimum Gasteiger partial charge on any atom is -0.307 e. The van der Waals surface area contributed by atoms with E-state index >= 15 is 0 Å². The van der Waals surface area contributed by atoms with Gasteiger partial charge >= 0.3 is 6.03 Å². The summed E-state index contributed by atoms with van der Waals surface area (Å²) in [5.74, 6) is -0.490. The normalized spacial score (nSPS) is 14.7. The number of fused-ring (bicyclic) bond motifs is 1. The Morgan fingerprint density at radius 3 is 2.12 bits per heavy atom. The van der Waals surface area contributed by atoms with Crippen molar-refractivity contribution in [1.82, 2.24) is 0 Å². The summed E-state index contributed by atoms with van der Waals surface area (Å²) in [6.45, 7) is 0. The Labute approximate surface area is 152 Å². The molecule has 0 spiro atoms. The predicted octanol–water partition coefficient (Wildman–Crippen LogP) is 4.59. The van der Waals surface area contributed by atoms with Gasteiger partial charge in [-0.1, -0.05) is 60.7 Å². The number of hydrogen-bond acceptors (Lipinski definition) is 2. The minimum atomic E-state index is -0.447. The number of carbonyl (C=O) groups excluding carboxylic acids is 2. The number of anilines is 2. The zero-order valence-corrected chi connectivity index (χ0v) is 14.1. The van der Waals surface area contributed by atoms with Gasteiger partial charge in [-0.25, -0.2) is 9.69 Å². The molecule has 0 fully saturated rings. The number of urea groups is 1. The van der Waals surface area contributed by atoms with Gasteiger partial charge in [0.2, 0.25) is 5.91 Å². The van der Waals surface area contributed by atoms with Crippen LogP contribution in [0.4, 0.5) is 16.2 Å². The third-order valence-electron chi connectivity index (χ3n) is 4.62. The summed E-state index contributed by atoms with van der Waals surface area (Å²) in [6, 6.07) is 25.6. The number of imide groups is 1. The highest BCUT2D eigenvalue weighted by Gasteiger charge is 2.37. The summed E-state index contributed by atoms with van der Waals surface area (Å²) in [7, 11) is 0. The number of amides is 3. The van der Waals surface area contributed by atoms with Gasteiger partial charge in [0.15, 0.2) is 0 Å². The van der Waals surface area contributed by atoms with Crippen molar-refractivity contribution in [1.29, 1.82) is 0 Å². The van der Waals surface area contributed by atoms with Crippen LogP contribution in [-0.4, -0.2) is 11.9 Å². The Kier molecular flexibility index (Phi) is 4.23. The largest absolute Gasteiger partial charge is 0.333 e. The maximum Gasteiger partial charge on any atom is 0.333 e. The molecule has 4 rings (SSSR count). The molecule has 3 amide bonds. The number of para-hydroxylation sites is 2. The highest BCUT2D eigenvalue weighted by Crippen LogP contribution is 2.37. The first-order chi connectivity index (χ1) is 12.7. The molecule has 128 valence electrons. The molecule has 0 saturated heterocycles. The second-order valence-corrected chi connectivity index (χ2v) is 6.26. The number of nitrogens with zero attached hydrogens (tertiary/aromatic N) is 1. The van der Waals surface area contributed by atoms with Crippen molar-refractivity contribution in [3.05, 3.63) is 96.1 Å². The lowest BCUT2D eigenvalue weighted by Crippen LogP contribution is -2.45. The van der Waals surface area contributed by atoms with Gasteiger partial charge in [-0.2, -0.15) is 0 Å². The molecule has 0 aromatic heterocycles. The Morgan fingerprint density at radius 2 is 1.42 bits per heavy atom. The van der Waals surface area contributed by atoms with Gasteiger partial charge in [0.1, 0.15) is 0 Å². The first-order valence-electron chi connectivity index (χ1n) is 8.57. The smallest absolute Gasteiger partial charge is 0.307 e. The Morgan fingerprint density at radius 1 is 0.808 bits per heavy atom. The molecule has 0 bridgehead atoms. The summed E-state index contributed by atoms with van der Waals surface area (Å²) in [4.78, 5) is 27.3. The Bertz CT molecular complexity index is 939. The number of benzene rings is 3. The third-order valence-corrected chi connectivity index (χ3v) is 4.62. The van der Waals surface area contributed by atoms with E-state index in [1.807, 2.05) is 60.7 Å². The maximum atomic E-state index is 13.2. The molecular formula is C22H18N2O2. The number of nitrogens with one attached hydrogen (secondary N) is 1. The third kappa shape index (κ3) is 2.97. The van der Waals surface area contributed by atoms with E-state index in [0.29, 0.717) is 17.8 Å². The first-order valence-corrected chi connectivity index (χ1v) is 8.57. The Balaban J connectivity index is 1.64. The minimum absolute atomic E-state index is 0.205. The van der Waals surface area contributed by atoms with Crippen molar-refractivity contribution >= 4 is 23.3 Å². The lowest BCUT2D eigenvalue weighted by atomic mass is 9.77. The fourth-order valence-electron chi connectivity index (χ4n) is 3.26. The molecular weight excluding hydrogens is 324 g/mol. The fraction of sp³-hybridized carbons (Fsp3) is 0.0909. The van der Waals surface area contributed by atoms with E-state index in [2.05, 4.69) is 5.32 Å². The van der Waals surface area contributed by atoms with Crippen molar-refractivity contribution in [3.8, 4) is 0 Å². The summed E-state index contributed by atoms with van der Waals surface area (Å²) in [5.41, 5.74) is 3.39. The number of rotatable bonds is 3. The van der Waals surface area contributed by atoms with Crippen LogP contribution in [0.5, 0.6) is 0 Å². The van der Waals surface area contributed by atoms with E-state index < -0.39 is 6.03 Å². The second kappa shape index (κ2) is 6.84. The molecule has 1 N–H and O–H groups in total. The van der Waals surface area contributed by atoms with Crippen LogP contribution in [0.1, 0.15) is 17.0 Å². The molecule has 0 heterocycles. The van der Waals surface area contributed by atoms with Crippen LogP contribution in [0.3, 0.4) is 0 Å². The fourth-order valence-corrected chi connectivity index (χ4v) is 3.26. The van der Waals surface area contributed by atoms with E-state index in [9.17, 15) is 9.59 Å². The molecule has 3 aromatic carbocycles. The van der Waals surface area contributed by atoms with E-state index in [0.717, 1.165) is 5.56 Å². The molecule has 1 atom stereocenters. The predicted molar refractivity (Wildman–Crippen MR) is 102 cm³/mol. The highest BCUT2D eigenvalue weighted by molar-refractivity contribution is 6.20. The van der Waals surface area contributed by atoms with Crippen LogP contribution < -0.4 is 10.2 Å². The highest BCUT2D eigenvalue weighted by atomic mass is 16.2. The summed E-state index contributed by atoms with van der Waals surface area (Å²) < 4.78 is 0. The molecule has 1 aliphatic rings. The van der Waals surface area contributed by atoms with Crippen molar-refractivity contribution in [2.75, 3.05) is 10.2 Å². The molecule has 1 aliphatic carbocycles. The van der Waals surface area contributed by atoms with Gasteiger partial charge in [-0.3, -0.25) is 4.79 Å². The average Bonchev–Trinajstić information content (AvgIpc) is 2.65. The van der Waals surface area contributed by atoms with Gasteiger partial charge in [-0.15, -0.1) is 0 Å². The van der Waals surface area contributed by atoms with E-state index in [1.54, 1.807) is 24.3 Å². The van der Waals surface area contributed by atoms with E-state index in [-0.39, 0.29) is 11.8 Å². The van der Waals surface area contributed by atoms with Crippen molar-refractivity contribution in [2.45, 2.75) is 12.3 Å². The standard InChI is InChI=1S/C22H18N2O2/c25-21(20-15-16-9-7-8-14-19(16)20)24(18-12-5-2-6-13-18)22(26)23-17-10-3-1-4-11-17/h1-14,20H,15H2,(H,23,26). The SMILES string of the molecule is O=C(Nc1ccccc1)N(C(=O)C1Cc2ccccc21)c1ccccc1. The number of carbonyl (C=O) groups is 2. The van der Waals surface area contributed by atoms with Gasteiger partial charge in [0.25, 0.3) is 0 Å². The second-order valence-electron chi connectivity index (χ2n) is 6.26. The van der Waals surface area contributed by atoms with Gasteiger partial charge < -0.3 is 5.32 Å². The van der Waals surface area contributed by atoms with Crippen LogP contribution >= 0.6 is 0 Å². The van der Waals surface area contributed by atoms with E-state index in [4.69, 9.17) is 0 Å². The quantitative estimate of drug-likeness (QED) is 0.757. The van der Waals surface area contributed by atoms with Crippen LogP contribution in [0.25, 0.3) is 0 Å². The lowest BCUT2D eigenvalue weighted by Gasteiger charge is -2.33. The molecule has 3 aromatic rings. The number of hydrogen-bond donors (Lipinski definition) is 1. The zero-order chi connectivity index (χ0) is 17.9. The van der Waals surface area contributed by atoms with Crippen LogP contribution in [0.15, 0.2) is 84.9 Å². The first kappa shape index (κ1) is 16.1. The van der Waals surface area contributed by atoms with Crippen molar-refractivity contribution in [3.63, 3.8) is 0 Å². The zero-order valence-electron chi connectivity index (χ0n) is 14.1. The molecule has 4 heteroatoms. The molecule has 26 heavy (non-hydrogen) atoms. The molecule has 0 aliphatic heterocycles. The van der Waals surface area contributed by atoms with Crippen molar-refractivity contribution < 1.29 is 9.59 Å². The lowest BCUT2D eigenvalue weighted by molar-refractivity contribution is -0.119. The monoisotopic (exact) mass is 342 g/mol. The summed E-state index contributed by atoms with van der Waals surface area (Å²) >= 11 is 0. The molecule has 0 saturated carbocycles. The van der Waals surface area contributed by atoms with Crippen LogP contribution in [0, 0.1) is 0 Å². The van der Waals surface area contributed by atoms with Crippen molar-refractivity contribution in [2.24, 2.45) is 0 Å². The summed E-state index contributed by atoms with van der Waals surface area (Å²) in [5, 5.41) is 2.81. The molecule has 1 unspecified atom stereocenters. The average molecular weight is 342 g/mol. The molecule has 0 radical (unpaired) electrons. The Hall–Kier alpha value is -3.40. The van der Waals surface area contributed by atoms with Gasteiger partial charge in [0.05, 0.1) is 11.6 Å². The van der Waals surface area contributed by atoms with E-state index in [1.165, 1.54) is 10.5 Å². The molecule has 4 nitrogen and oxygen atoms in total. The van der Waals surface area contributed by atoms with Gasteiger partial charge in [0, 0.05) is 5.69 Å². The van der Waals surface area contributed by atoms with Crippen LogP contribution in [0.2, 0.25) is 0 Å². The summed E-state index contributed by atoms with van der Waals surface area (Å²) in [6.07, 6.45) is 0.664. The topological polar surface area (TPSA) is 49.4 Å². The maximum absolute atomic E-state index is 13.2.